The number of benzene rings is 2. The van der Waals surface area contributed by atoms with E-state index in [0.29, 0.717) is 31.2 Å². The molecule has 34 heavy (non-hydrogen) atoms. The number of aliphatic carboxylic acids is 1. The van der Waals surface area contributed by atoms with E-state index in [1.165, 1.54) is 27.8 Å². The summed E-state index contributed by atoms with van der Waals surface area (Å²) in [6.45, 7) is 3.14. The van der Waals surface area contributed by atoms with Gasteiger partial charge in [-0.2, -0.15) is 11.8 Å². The molecule has 2 N–H and O–H groups in total. The molecule has 2 unspecified atom stereocenters. The second kappa shape index (κ2) is 11.0. The average molecular weight is 483 g/mol. The number of fused-ring (bicyclic) bond motifs is 3. The topological polar surface area (TPSA) is 95.9 Å². The molecule has 1 aliphatic carbocycles. The highest BCUT2D eigenvalue weighted by Gasteiger charge is 2.34. The predicted octanol–water partition coefficient (Wildman–Crippen LogP) is 3.97. The molecular weight excluding hydrogens is 452 g/mol. The molecule has 0 aromatic heterocycles. The van der Waals surface area contributed by atoms with Crippen LogP contribution in [0.5, 0.6) is 0 Å². The molecule has 0 radical (unpaired) electrons. The van der Waals surface area contributed by atoms with Gasteiger partial charge in [0.25, 0.3) is 0 Å². The van der Waals surface area contributed by atoms with Crippen molar-refractivity contribution in [2.24, 2.45) is 5.92 Å². The number of amides is 2. The number of carbonyl (C=O) groups is 3. The van der Waals surface area contributed by atoms with Crippen molar-refractivity contribution in [3.05, 3.63) is 59.7 Å². The Labute approximate surface area is 203 Å². The lowest BCUT2D eigenvalue weighted by molar-refractivity contribution is -0.151. The minimum absolute atomic E-state index is 0.0132. The number of carboxylic acids is 1. The SMILES string of the molecule is CC1CCC(C(=O)O)N(C(=O)CSCCNC(=O)OCC2c3ccccc3-c3ccccc32)C1. The summed E-state index contributed by atoms with van der Waals surface area (Å²) in [5.41, 5.74) is 4.69. The zero-order valence-corrected chi connectivity index (χ0v) is 20.1. The van der Waals surface area contributed by atoms with Gasteiger partial charge in [-0.1, -0.05) is 55.5 Å². The van der Waals surface area contributed by atoms with Gasteiger partial charge in [0.15, 0.2) is 0 Å². The zero-order chi connectivity index (χ0) is 24.1. The molecule has 8 heteroatoms. The van der Waals surface area contributed by atoms with Gasteiger partial charge in [0, 0.05) is 24.8 Å². The van der Waals surface area contributed by atoms with Gasteiger partial charge in [0.1, 0.15) is 12.6 Å². The van der Waals surface area contributed by atoms with Crippen molar-refractivity contribution in [1.29, 1.82) is 0 Å². The molecule has 2 aliphatic rings. The molecule has 1 heterocycles. The maximum absolute atomic E-state index is 12.5. The third kappa shape index (κ3) is 5.38. The molecule has 2 aromatic carbocycles. The highest BCUT2D eigenvalue weighted by atomic mass is 32.2. The molecule has 1 fully saturated rings. The number of piperidine rings is 1. The number of likely N-dealkylation sites (tertiary alicyclic amines) is 1. The fourth-order valence-corrected chi connectivity index (χ4v) is 5.53. The van der Waals surface area contributed by atoms with Crippen LogP contribution in [0.15, 0.2) is 48.5 Å². The lowest BCUT2D eigenvalue weighted by atomic mass is 9.94. The van der Waals surface area contributed by atoms with E-state index in [0.717, 1.165) is 17.5 Å². The average Bonchev–Trinajstić information content (AvgIpc) is 3.16. The number of hydrogen-bond acceptors (Lipinski definition) is 5. The first-order valence-electron chi connectivity index (χ1n) is 11.6. The number of thioether (sulfide) groups is 1. The van der Waals surface area contributed by atoms with E-state index in [1.807, 2.05) is 31.2 Å². The molecule has 1 aliphatic heterocycles. The van der Waals surface area contributed by atoms with Gasteiger partial charge in [0.05, 0.1) is 5.75 Å². The highest BCUT2D eigenvalue weighted by molar-refractivity contribution is 7.99. The summed E-state index contributed by atoms with van der Waals surface area (Å²) in [7, 11) is 0. The summed E-state index contributed by atoms with van der Waals surface area (Å²) in [5, 5.41) is 12.1. The molecule has 7 nitrogen and oxygen atoms in total. The number of carboxylic acid groups (broad SMARTS) is 1. The van der Waals surface area contributed by atoms with E-state index in [1.54, 1.807) is 0 Å². The predicted molar refractivity (Wildman–Crippen MR) is 132 cm³/mol. The van der Waals surface area contributed by atoms with E-state index in [2.05, 4.69) is 29.6 Å². The van der Waals surface area contributed by atoms with Gasteiger partial charge in [0.2, 0.25) is 5.91 Å². The van der Waals surface area contributed by atoms with Gasteiger partial charge in [-0.3, -0.25) is 4.79 Å². The van der Waals surface area contributed by atoms with Crippen molar-refractivity contribution in [2.45, 2.75) is 31.7 Å². The standard InChI is InChI=1S/C26H30N2O5S/c1-17-10-11-23(25(30)31)28(14-17)24(29)16-34-13-12-27-26(32)33-15-22-20-8-4-2-6-18(20)19-7-3-5-9-21(19)22/h2-9,17,22-23H,10-16H2,1H3,(H,27,32)(H,30,31). The smallest absolute Gasteiger partial charge is 0.407 e. The highest BCUT2D eigenvalue weighted by Crippen LogP contribution is 2.44. The minimum atomic E-state index is -0.942. The molecule has 0 bridgehead atoms. The number of nitrogens with one attached hydrogen (secondary N) is 1. The Bertz CT molecular complexity index is 1010. The Morgan fingerprint density at radius 1 is 1.06 bits per heavy atom. The van der Waals surface area contributed by atoms with Crippen LogP contribution in [0.2, 0.25) is 0 Å². The third-order valence-electron chi connectivity index (χ3n) is 6.51. The van der Waals surface area contributed by atoms with Crippen LogP contribution in [0.3, 0.4) is 0 Å². The number of alkyl carbamates (subject to hydrolysis) is 1. The van der Waals surface area contributed by atoms with Gasteiger partial charge in [-0.25, -0.2) is 9.59 Å². The maximum atomic E-state index is 12.5. The zero-order valence-electron chi connectivity index (χ0n) is 19.2. The molecule has 0 saturated carbocycles. The molecular formula is C26H30N2O5S. The van der Waals surface area contributed by atoms with E-state index in [4.69, 9.17) is 4.74 Å². The van der Waals surface area contributed by atoms with Crippen LogP contribution in [0.4, 0.5) is 4.79 Å². The third-order valence-corrected chi connectivity index (χ3v) is 7.45. The van der Waals surface area contributed by atoms with Crippen molar-refractivity contribution < 1.29 is 24.2 Å². The molecule has 2 atom stereocenters. The second-order valence-corrected chi connectivity index (χ2v) is 9.99. The van der Waals surface area contributed by atoms with Crippen LogP contribution >= 0.6 is 11.8 Å². The molecule has 1 saturated heterocycles. The van der Waals surface area contributed by atoms with Crippen molar-refractivity contribution >= 4 is 29.7 Å². The van der Waals surface area contributed by atoms with Crippen molar-refractivity contribution in [1.82, 2.24) is 10.2 Å². The van der Waals surface area contributed by atoms with Crippen LogP contribution < -0.4 is 5.32 Å². The fourth-order valence-electron chi connectivity index (χ4n) is 4.80. The van der Waals surface area contributed by atoms with Crippen molar-refractivity contribution in [3.8, 4) is 11.1 Å². The number of rotatable bonds is 8. The summed E-state index contributed by atoms with van der Waals surface area (Å²) < 4.78 is 5.51. The van der Waals surface area contributed by atoms with Crippen LogP contribution in [0.1, 0.15) is 36.8 Å². The first kappa shape index (κ1) is 24.1. The lowest BCUT2D eigenvalue weighted by Gasteiger charge is -2.36. The number of nitrogens with zero attached hydrogens (tertiary/aromatic N) is 1. The molecule has 2 amide bonds. The van der Waals surface area contributed by atoms with Gasteiger partial charge >= 0.3 is 12.1 Å². The monoisotopic (exact) mass is 482 g/mol. The summed E-state index contributed by atoms with van der Waals surface area (Å²) in [5.74, 6) is -0.0498. The van der Waals surface area contributed by atoms with Crippen LogP contribution in [-0.2, 0) is 14.3 Å². The van der Waals surface area contributed by atoms with Crippen LogP contribution in [0, 0.1) is 5.92 Å². The molecule has 4 rings (SSSR count). The first-order chi connectivity index (χ1) is 16.5. The van der Waals surface area contributed by atoms with Crippen molar-refractivity contribution in [2.75, 3.05) is 31.2 Å². The van der Waals surface area contributed by atoms with Crippen LogP contribution in [0.25, 0.3) is 11.1 Å². The Balaban J connectivity index is 1.19. The lowest BCUT2D eigenvalue weighted by Crippen LogP contribution is -2.50. The van der Waals surface area contributed by atoms with Gasteiger partial charge in [-0.05, 0) is 41.0 Å². The van der Waals surface area contributed by atoms with E-state index in [9.17, 15) is 19.5 Å². The van der Waals surface area contributed by atoms with E-state index >= 15 is 0 Å². The number of carbonyl (C=O) groups excluding carboxylic acids is 2. The minimum Gasteiger partial charge on any atom is -0.480 e. The van der Waals surface area contributed by atoms with Gasteiger partial charge in [-0.15, -0.1) is 0 Å². The molecule has 2 aromatic rings. The summed E-state index contributed by atoms with van der Waals surface area (Å²) >= 11 is 1.38. The quantitative estimate of drug-likeness (QED) is 0.553. The van der Waals surface area contributed by atoms with E-state index in [-0.39, 0.29) is 24.2 Å². The number of ether oxygens (including phenoxy) is 1. The number of hydrogen-bond donors (Lipinski definition) is 2. The fraction of sp³-hybridized carbons (Fsp3) is 0.423. The van der Waals surface area contributed by atoms with E-state index < -0.39 is 18.1 Å². The normalized spacial score (nSPS) is 19.3. The maximum Gasteiger partial charge on any atom is 0.407 e. The summed E-state index contributed by atoms with van der Waals surface area (Å²) in [6, 6.07) is 15.6. The Morgan fingerprint density at radius 2 is 1.71 bits per heavy atom. The van der Waals surface area contributed by atoms with Crippen LogP contribution in [-0.4, -0.2) is 65.2 Å². The Morgan fingerprint density at radius 3 is 2.35 bits per heavy atom. The van der Waals surface area contributed by atoms with Crippen molar-refractivity contribution in [3.63, 3.8) is 0 Å². The summed E-state index contributed by atoms with van der Waals surface area (Å²) in [6.07, 6.45) is 0.832. The first-order valence-corrected chi connectivity index (χ1v) is 12.8. The summed E-state index contributed by atoms with van der Waals surface area (Å²) in [4.78, 5) is 37.7. The largest absolute Gasteiger partial charge is 0.480 e. The molecule has 0 spiro atoms. The molecule has 180 valence electrons. The Kier molecular flexibility index (Phi) is 7.77. The van der Waals surface area contributed by atoms with Gasteiger partial charge < -0.3 is 20.1 Å². The Hall–Kier alpha value is -3.00. The second-order valence-electron chi connectivity index (χ2n) is 8.89.